The van der Waals surface area contributed by atoms with Crippen molar-refractivity contribution in [2.45, 2.75) is 13.3 Å². The van der Waals surface area contributed by atoms with Gasteiger partial charge in [0.05, 0.1) is 4.92 Å². The van der Waals surface area contributed by atoms with E-state index >= 15 is 0 Å². The molecule has 96 valence electrons. The van der Waals surface area contributed by atoms with Crippen molar-refractivity contribution in [3.05, 3.63) is 33.9 Å². The number of nitrogens with zero attached hydrogens (tertiary/aromatic N) is 2. The average Bonchev–Trinajstić information content (AvgIpc) is 2.70. The molecular weight excluding hydrogens is 252 g/mol. The van der Waals surface area contributed by atoms with Gasteiger partial charge in [-0.2, -0.15) is 12.6 Å². The molecule has 1 aliphatic heterocycles. The van der Waals surface area contributed by atoms with Gasteiger partial charge in [-0.3, -0.25) is 14.9 Å². The van der Waals surface area contributed by atoms with Gasteiger partial charge in [0.15, 0.2) is 0 Å². The fourth-order valence-corrected chi connectivity index (χ4v) is 2.51. The van der Waals surface area contributed by atoms with Crippen LogP contribution in [0.25, 0.3) is 0 Å². The summed E-state index contributed by atoms with van der Waals surface area (Å²) in [6.07, 6.45) is 0.412. The summed E-state index contributed by atoms with van der Waals surface area (Å²) in [4.78, 5) is 24.1. The SMILES string of the molecule is Cc1cccc([N+](=O)[O-])c1N1CC(CS)CC1=O. The summed E-state index contributed by atoms with van der Waals surface area (Å²) in [5.41, 5.74) is 1.16. The van der Waals surface area contributed by atoms with E-state index in [-0.39, 0.29) is 17.5 Å². The Morgan fingerprint density at radius 3 is 2.83 bits per heavy atom. The number of anilines is 1. The van der Waals surface area contributed by atoms with Crippen molar-refractivity contribution in [2.75, 3.05) is 17.2 Å². The zero-order chi connectivity index (χ0) is 13.3. The van der Waals surface area contributed by atoms with Crippen LogP contribution >= 0.6 is 12.6 Å². The third kappa shape index (κ3) is 2.20. The summed E-state index contributed by atoms with van der Waals surface area (Å²) >= 11 is 4.19. The molecule has 0 N–H and O–H groups in total. The highest BCUT2D eigenvalue weighted by atomic mass is 32.1. The first-order valence-corrected chi connectivity index (χ1v) is 6.33. The lowest BCUT2D eigenvalue weighted by atomic mass is 10.1. The second-order valence-electron chi connectivity index (χ2n) is 4.46. The predicted molar refractivity (Wildman–Crippen MR) is 72.1 cm³/mol. The summed E-state index contributed by atoms with van der Waals surface area (Å²) in [6, 6.07) is 4.85. The molecule has 0 saturated carbocycles. The van der Waals surface area contributed by atoms with Gasteiger partial charge in [-0.25, -0.2) is 0 Å². The predicted octanol–water partition coefficient (Wildman–Crippen LogP) is 2.19. The fourth-order valence-electron chi connectivity index (χ4n) is 2.26. The van der Waals surface area contributed by atoms with Crippen molar-refractivity contribution in [2.24, 2.45) is 5.92 Å². The van der Waals surface area contributed by atoms with Crippen LogP contribution in [-0.4, -0.2) is 23.1 Å². The van der Waals surface area contributed by atoms with E-state index in [9.17, 15) is 14.9 Å². The van der Waals surface area contributed by atoms with Crippen molar-refractivity contribution in [3.8, 4) is 0 Å². The maximum Gasteiger partial charge on any atom is 0.293 e. The summed E-state index contributed by atoms with van der Waals surface area (Å²) in [5, 5.41) is 11.0. The number of aryl methyl sites for hydroxylation is 1. The van der Waals surface area contributed by atoms with E-state index in [2.05, 4.69) is 12.6 Å². The van der Waals surface area contributed by atoms with E-state index < -0.39 is 4.92 Å². The van der Waals surface area contributed by atoms with E-state index in [1.54, 1.807) is 19.1 Å². The number of amides is 1. The summed E-state index contributed by atoms with van der Waals surface area (Å²) in [5.74, 6) is 0.716. The Morgan fingerprint density at radius 2 is 2.28 bits per heavy atom. The smallest absolute Gasteiger partial charge is 0.293 e. The van der Waals surface area contributed by atoms with Crippen molar-refractivity contribution in [3.63, 3.8) is 0 Å². The molecule has 1 unspecified atom stereocenters. The molecule has 1 aliphatic rings. The molecule has 0 spiro atoms. The van der Waals surface area contributed by atoms with Crippen LogP contribution in [-0.2, 0) is 4.79 Å². The minimum atomic E-state index is -0.441. The van der Waals surface area contributed by atoms with Crippen molar-refractivity contribution < 1.29 is 9.72 Å². The number of carbonyl (C=O) groups excluding carboxylic acids is 1. The van der Waals surface area contributed by atoms with E-state index in [0.717, 1.165) is 5.56 Å². The number of thiol groups is 1. The highest BCUT2D eigenvalue weighted by Gasteiger charge is 2.34. The lowest BCUT2D eigenvalue weighted by Crippen LogP contribution is -2.26. The van der Waals surface area contributed by atoms with Gasteiger partial charge < -0.3 is 4.90 Å². The van der Waals surface area contributed by atoms with Gasteiger partial charge in [0.25, 0.3) is 5.69 Å². The van der Waals surface area contributed by atoms with E-state index in [4.69, 9.17) is 0 Å². The van der Waals surface area contributed by atoms with Gasteiger partial charge >= 0.3 is 0 Å². The Morgan fingerprint density at radius 1 is 1.56 bits per heavy atom. The molecular formula is C12H14N2O3S. The van der Waals surface area contributed by atoms with Crippen LogP contribution < -0.4 is 4.90 Å². The first-order valence-electron chi connectivity index (χ1n) is 5.69. The Hall–Kier alpha value is -1.56. The van der Waals surface area contributed by atoms with Crippen molar-refractivity contribution in [1.29, 1.82) is 0 Å². The minimum absolute atomic E-state index is 0.0110. The molecule has 1 aromatic rings. The molecule has 1 fully saturated rings. The van der Waals surface area contributed by atoms with E-state index in [1.807, 2.05) is 0 Å². The van der Waals surface area contributed by atoms with E-state index in [1.165, 1.54) is 11.0 Å². The first kappa shape index (κ1) is 12.9. The molecule has 6 heteroatoms. The monoisotopic (exact) mass is 266 g/mol. The van der Waals surface area contributed by atoms with Gasteiger partial charge in [0.1, 0.15) is 5.69 Å². The summed E-state index contributed by atoms with van der Waals surface area (Å²) in [7, 11) is 0. The normalized spacial score (nSPS) is 19.3. The van der Waals surface area contributed by atoms with Crippen LogP contribution in [0.15, 0.2) is 18.2 Å². The Balaban J connectivity index is 2.45. The Kier molecular flexibility index (Phi) is 3.56. The van der Waals surface area contributed by atoms with Crippen LogP contribution in [0.5, 0.6) is 0 Å². The van der Waals surface area contributed by atoms with Crippen LogP contribution in [0.1, 0.15) is 12.0 Å². The standard InChI is InChI=1S/C12H14N2O3S/c1-8-3-2-4-10(14(16)17)12(8)13-6-9(7-18)5-11(13)15/h2-4,9,18H,5-7H2,1H3. The van der Waals surface area contributed by atoms with Gasteiger partial charge in [-0.15, -0.1) is 0 Å². The van der Waals surface area contributed by atoms with Crippen molar-refractivity contribution in [1.82, 2.24) is 0 Å². The first-order chi connectivity index (χ1) is 8.54. The molecule has 0 radical (unpaired) electrons. The second-order valence-corrected chi connectivity index (χ2v) is 4.82. The fraction of sp³-hybridized carbons (Fsp3) is 0.417. The molecule has 0 bridgehead atoms. The lowest BCUT2D eigenvalue weighted by Gasteiger charge is -2.18. The van der Waals surface area contributed by atoms with Crippen LogP contribution in [0.2, 0.25) is 0 Å². The molecule has 1 atom stereocenters. The van der Waals surface area contributed by atoms with Gasteiger partial charge in [0, 0.05) is 19.0 Å². The molecule has 2 rings (SSSR count). The summed E-state index contributed by atoms with van der Waals surface area (Å²) in [6.45, 7) is 2.29. The lowest BCUT2D eigenvalue weighted by molar-refractivity contribution is -0.384. The number of nitro groups is 1. The zero-order valence-electron chi connectivity index (χ0n) is 10.00. The molecule has 18 heavy (non-hydrogen) atoms. The Labute approximate surface area is 110 Å². The van der Waals surface area contributed by atoms with Gasteiger partial charge in [-0.05, 0) is 24.2 Å². The second kappa shape index (κ2) is 4.97. The topological polar surface area (TPSA) is 63.5 Å². The molecule has 1 heterocycles. The molecule has 1 aromatic carbocycles. The van der Waals surface area contributed by atoms with Gasteiger partial charge in [0.2, 0.25) is 5.91 Å². The quantitative estimate of drug-likeness (QED) is 0.518. The minimum Gasteiger partial charge on any atom is -0.306 e. The largest absolute Gasteiger partial charge is 0.306 e. The van der Waals surface area contributed by atoms with E-state index in [0.29, 0.717) is 24.4 Å². The number of hydrogen-bond donors (Lipinski definition) is 1. The Bertz CT molecular complexity index is 504. The number of rotatable bonds is 3. The molecule has 1 saturated heterocycles. The number of carbonyl (C=O) groups is 1. The zero-order valence-corrected chi connectivity index (χ0v) is 10.9. The number of nitro benzene ring substituents is 1. The molecule has 5 nitrogen and oxygen atoms in total. The van der Waals surface area contributed by atoms with Crippen molar-refractivity contribution >= 4 is 29.9 Å². The third-order valence-electron chi connectivity index (χ3n) is 3.15. The summed E-state index contributed by atoms with van der Waals surface area (Å²) < 4.78 is 0. The average molecular weight is 266 g/mol. The molecule has 1 amide bonds. The van der Waals surface area contributed by atoms with Gasteiger partial charge in [-0.1, -0.05) is 12.1 Å². The maximum atomic E-state index is 11.9. The van der Waals surface area contributed by atoms with Crippen LogP contribution in [0.3, 0.4) is 0 Å². The third-order valence-corrected chi connectivity index (χ3v) is 3.66. The maximum absolute atomic E-state index is 11.9. The number of benzene rings is 1. The molecule has 0 aromatic heterocycles. The highest BCUT2D eigenvalue weighted by molar-refractivity contribution is 7.80. The van der Waals surface area contributed by atoms with Crippen LogP contribution in [0.4, 0.5) is 11.4 Å². The van der Waals surface area contributed by atoms with Crippen LogP contribution in [0, 0.1) is 23.0 Å². The number of hydrogen-bond acceptors (Lipinski definition) is 4. The number of para-hydroxylation sites is 1. The highest BCUT2D eigenvalue weighted by Crippen LogP contribution is 2.35. The molecule has 0 aliphatic carbocycles.